The molecular formula is C9H17Cl2N. The normalized spacial score (nSPS) is 29.0. The monoisotopic (exact) mass is 209 g/mol. The van der Waals surface area contributed by atoms with Gasteiger partial charge < -0.3 is 4.90 Å². The highest BCUT2D eigenvalue weighted by Crippen LogP contribution is 2.55. The Kier molecular flexibility index (Phi) is 3.30. The topological polar surface area (TPSA) is 3.24 Å². The number of rotatable bonds is 4. The van der Waals surface area contributed by atoms with Gasteiger partial charge in [-0.25, -0.2) is 0 Å². The maximum atomic E-state index is 6.00. The smallest absolute Gasteiger partial charge is 0.123 e. The van der Waals surface area contributed by atoms with Gasteiger partial charge in [0.2, 0.25) is 0 Å². The van der Waals surface area contributed by atoms with E-state index in [1.165, 1.54) is 0 Å². The van der Waals surface area contributed by atoms with Gasteiger partial charge in [0, 0.05) is 12.0 Å². The molecule has 1 saturated carbocycles. The summed E-state index contributed by atoms with van der Waals surface area (Å²) < 4.78 is -0.429. The first-order valence-corrected chi connectivity index (χ1v) is 5.40. The largest absolute Gasteiger partial charge is 0.301 e. The van der Waals surface area contributed by atoms with Crippen LogP contribution in [0.3, 0.4) is 0 Å². The quantitative estimate of drug-likeness (QED) is 0.645. The Hall–Kier alpha value is 0.540. The van der Waals surface area contributed by atoms with E-state index in [1.54, 1.807) is 0 Å². The Morgan fingerprint density at radius 1 is 1.42 bits per heavy atom. The van der Waals surface area contributed by atoms with Crippen LogP contribution in [0, 0.1) is 5.92 Å². The average molecular weight is 210 g/mol. The Morgan fingerprint density at radius 2 is 1.83 bits per heavy atom. The second-order valence-electron chi connectivity index (χ2n) is 3.53. The van der Waals surface area contributed by atoms with E-state index in [2.05, 4.69) is 25.7 Å². The number of halogens is 2. The van der Waals surface area contributed by atoms with Crippen LogP contribution in [0.1, 0.15) is 27.2 Å². The van der Waals surface area contributed by atoms with E-state index < -0.39 is 4.33 Å². The van der Waals surface area contributed by atoms with Gasteiger partial charge in [-0.2, -0.15) is 0 Å². The van der Waals surface area contributed by atoms with E-state index in [0.717, 1.165) is 19.5 Å². The maximum Gasteiger partial charge on any atom is 0.123 e. The van der Waals surface area contributed by atoms with Crippen molar-refractivity contribution in [2.24, 2.45) is 5.92 Å². The van der Waals surface area contributed by atoms with Crippen LogP contribution in [0.5, 0.6) is 0 Å². The van der Waals surface area contributed by atoms with E-state index >= 15 is 0 Å². The molecule has 0 aromatic heterocycles. The Labute approximate surface area is 85.0 Å². The molecule has 0 aromatic rings. The molecule has 1 rings (SSSR count). The minimum atomic E-state index is -0.429. The molecule has 0 amide bonds. The van der Waals surface area contributed by atoms with Crippen LogP contribution >= 0.6 is 23.2 Å². The molecule has 0 N–H and O–H groups in total. The first-order chi connectivity index (χ1) is 5.53. The molecule has 0 saturated heterocycles. The second-order valence-corrected chi connectivity index (χ2v) is 5.08. The minimum absolute atomic E-state index is 0.429. The minimum Gasteiger partial charge on any atom is -0.301 e. The molecule has 0 heterocycles. The molecule has 0 unspecified atom stereocenters. The molecule has 0 bridgehead atoms. The van der Waals surface area contributed by atoms with Gasteiger partial charge in [0.25, 0.3) is 0 Å². The fraction of sp³-hybridized carbons (Fsp3) is 1.00. The second kappa shape index (κ2) is 3.73. The standard InChI is InChI=1S/C9H17Cl2N/c1-4-12(5-2)7(3)8-6-9(8,10)11/h7-8H,4-6H2,1-3H3/t7-,8-/m1/s1. The highest BCUT2D eigenvalue weighted by Gasteiger charge is 2.55. The lowest BCUT2D eigenvalue weighted by molar-refractivity contribution is 0.209. The van der Waals surface area contributed by atoms with Crippen molar-refractivity contribution in [3.63, 3.8) is 0 Å². The van der Waals surface area contributed by atoms with E-state index in [-0.39, 0.29) is 0 Å². The van der Waals surface area contributed by atoms with Crippen molar-refractivity contribution in [3.8, 4) is 0 Å². The lowest BCUT2D eigenvalue weighted by Gasteiger charge is -2.26. The molecule has 1 aliphatic carbocycles. The molecule has 72 valence electrons. The SMILES string of the molecule is CCN(CC)[C@H](C)[C@H]1CC1(Cl)Cl. The van der Waals surface area contributed by atoms with Gasteiger partial charge in [-0.05, 0) is 26.4 Å². The molecule has 0 aliphatic heterocycles. The van der Waals surface area contributed by atoms with E-state index in [1.807, 2.05) is 0 Å². The lowest BCUT2D eigenvalue weighted by Crippen LogP contribution is -2.35. The van der Waals surface area contributed by atoms with Crippen LogP contribution in [0.15, 0.2) is 0 Å². The van der Waals surface area contributed by atoms with Crippen molar-refractivity contribution < 1.29 is 0 Å². The van der Waals surface area contributed by atoms with E-state index in [9.17, 15) is 0 Å². The van der Waals surface area contributed by atoms with Gasteiger partial charge in [0.15, 0.2) is 0 Å². The number of hydrogen-bond acceptors (Lipinski definition) is 1. The summed E-state index contributed by atoms with van der Waals surface area (Å²) in [5.41, 5.74) is 0. The number of nitrogens with zero attached hydrogens (tertiary/aromatic N) is 1. The van der Waals surface area contributed by atoms with Crippen molar-refractivity contribution in [3.05, 3.63) is 0 Å². The van der Waals surface area contributed by atoms with Crippen molar-refractivity contribution in [2.45, 2.75) is 37.6 Å². The zero-order valence-electron chi connectivity index (χ0n) is 7.98. The third kappa shape index (κ3) is 2.07. The van der Waals surface area contributed by atoms with Crippen LogP contribution in [0.4, 0.5) is 0 Å². The highest BCUT2D eigenvalue weighted by atomic mass is 35.5. The van der Waals surface area contributed by atoms with Crippen LogP contribution in [-0.4, -0.2) is 28.4 Å². The van der Waals surface area contributed by atoms with Gasteiger partial charge in [-0.3, -0.25) is 0 Å². The van der Waals surface area contributed by atoms with Crippen LogP contribution in [0.2, 0.25) is 0 Å². The molecule has 1 fully saturated rings. The molecule has 0 radical (unpaired) electrons. The summed E-state index contributed by atoms with van der Waals surface area (Å²) in [7, 11) is 0. The summed E-state index contributed by atoms with van der Waals surface area (Å²) >= 11 is 12.0. The summed E-state index contributed by atoms with van der Waals surface area (Å²) in [6.07, 6.45) is 0.952. The average Bonchev–Trinajstić information content (AvgIpc) is 2.62. The Bertz CT molecular complexity index is 153. The number of alkyl halides is 2. The zero-order chi connectivity index (χ0) is 9.35. The summed E-state index contributed by atoms with van der Waals surface area (Å²) in [5, 5.41) is 0. The fourth-order valence-electron chi connectivity index (χ4n) is 1.81. The first-order valence-electron chi connectivity index (χ1n) is 4.64. The van der Waals surface area contributed by atoms with Crippen molar-refractivity contribution in [1.82, 2.24) is 4.90 Å². The molecule has 3 heteroatoms. The fourth-order valence-corrected chi connectivity index (χ4v) is 2.51. The van der Waals surface area contributed by atoms with Crippen molar-refractivity contribution in [1.29, 1.82) is 0 Å². The van der Waals surface area contributed by atoms with Gasteiger partial charge in [-0.1, -0.05) is 13.8 Å². The summed E-state index contributed by atoms with van der Waals surface area (Å²) in [6, 6.07) is 0.523. The molecule has 2 atom stereocenters. The predicted molar refractivity (Wildman–Crippen MR) is 54.9 cm³/mol. The van der Waals surface area contributed by atoms with Crippen LogP contribution in [-0.2, 0) is 0 Å². The van der Waals surface area contributed by atoms with Gasteiger partial charge in [0.05, 0.1) is 0 Å². The van der Waals surface area contributed by atoms with Gasteiger partial charge >= 0.3 is 0 Å². The van der Waals surface area contributed by atoms with Crippen LogP contribution in [0.25, 0.3) is 0 Å². The van der Waals surface area contributed by atoms with E-state index in [0.29, 0.717) is 12.0 Å². The molecule has 12 heavy (non-hydrogen) atoms. The van der Waals surface area contributed by atoms with Gasteiger partial charge in [0.1, 0.15) is 4.33 Å². The summed E-state index contributed by atoms with van der Waals surface area (Å²) in [6.45, 7) is 8.72. The highest BCUT2D eigenvalue weighted by molar-refractivity contribution is 6.50. The predicted octanol–water partition coefficient (Wildman–Crippen LogP) is 2.91. The van der Waals surface area contributed by atoms with E-state index in [4.69, 9.17) is 23.2 Å². The molecular weight excluding hydrogens is 193 g/mol. The summed E-state index contributed by atoms with van der Waals surface area (Å²) in [5.74, 6) is 0.473. The van der Waals surface area contributed by atoms with Crippen LogP contribution < -0.4 is 0 Å². The zero-order valence-corrected chi connectivity index (χ0v) is 9.49. The van der Waals surface area contributed by atoms with Gasteiger partial charge in [-0.15, -0.1) is 23.2 Å². The molecule has 1 nitrogen and oxygen atoms in total. The van der Waals surface area contributed by atoms with Crippen molar-refractivity contribution >= 4 is 23.2 Å². The van der Waals surface area contributed by atoms with Crippen molar-refractivity contribution in [2.75, 3.05) is 13.1 Å². The first kappa shape index (κ1) is 10.6. The Morgan fingerprint density at radius 3 is 2.08 bits per heavy atom. The maximum absolute atomic E-state index is 6.00. The molecule has 0 spiro atoms. The molecule has 1 aliphatic rings. The Balaban J connectivity index is 2.43. The third-order valence-electron chi connectivity index (χ3n) is 2.85. The molecule has 0 aromatic carbocycles. The number of hydrogen-bond donors (Lipinski definition) is 0. The lowest BCUT2D eigenvalue weighted by atomic mass is 10.2. The summed E-state index contributed by atoms with van der Waals surface area (Å²) in [4.78, 5) is 2.40. The third-order valence-corrected chi connectivity index (χ3v) is 3.71.